The molecule has 2 aromatic rings. The Bertz CT molecular complexity index is 1040. The van der Waals surface area contributed by atoms with Crippen LogP contribution in [0, 0.1) is 17.3 Å². The minimum absolute atomic E-state index is 0.111. The Hall–Kier alpha value is -2.27. The average molecular weight is 449 g/mol. The number of benzene rings is 2. The molecule has 2 aromatic carbocycles. The van der Waals surface area contributed by atoms with Crippen molar-refractivity contribution in [2.24, 2.45) is 17.3 Å². The predicted octanol–water partition coefficient (Wildman–Crippen LogP) is 6.84. The molecule has 2 aliphatic carbocycles. The summed E-state index contributed by atoms with van der Waals surface area (Å²) in [6, 6.07) is 14.3. The molecule has 31 heavy (non-hydrogen) atoms. The van der Waals surface area contributed by atoms with Crippen LogP contribution in [0.2, 0.25) is 0 Å². The quantitative estimate of drug-likeness (QED) is 0.478. The first-order chi connectivity index (χ1) is 14.6. The predicted molar refractivity (Wildman–Crippen MR) is 114 cm³/mol. The number of hydrogen-bond donors (Lipinski definition) is 0. The Balaban J connectivity index is 1.51. The maximum absolute atomic E-state index is 12.8. The zero-order valence-corrected chi connectivity index (χ0v) is 18.2. The number of alkyl halides is 3. The highest BCUT2D eigenvalue weighted by atomic mass is 35.5. The van der Waals surface area contributed by atoms with Crippen molar-refractivity contribution < 1.29 is 22.7 Å². The lowest BCUT2D eigenvalue weighted by Gasteiger charge is -2.14. The number of carbonyl (C=O) groups is 1. The molecule has 1 saturated carbocycles. The first-order valence-corrected chi connectivity index (χ1v) is 10.8. The van der Waals surface area contributed by atoms with Crippen molar-refractivity contribution in [1.29, 1.82) is 0 Å². The van der Waals surface area contributed by atoms with Crippen molar-refractivity contribution in [3.63, 3.8) is 0 Å². The molecule has 0 amide bonds. The van der Waals surface area contributed by atoms with Gasteiger partial charge in [-0.15, -0.1) is 0 Å². The molecule has 4 rings (SSSR count). The molecule has 1 fully saturated rings. The van der Waals surface area contributed by atoms with E-state index >= 15 is 0 Å². The number of allylic oxidation sites excluding steroid dienone is 2. The van der Waals surface area contributed by atoms with Crippen LogP contribution in [0.25, 0.3) is 11.1 Å². The molecule has 0 radical (unpaired) electrons. The van der Waals surface area contributed by atoms with Crippen LogP contribution in [-0.2, 0) is 29.0 Å². The second-order valence-electron chi connectivity index (χ2n) is 8.90. The molecule has 0 spiro atoms. The van der Waals surface area contributed by atoms with E-state index in [1.165, 1.54) is 16.7 Å². The molecule has 0 N–H and O–H groups in total. The van der Waals surface area contributed by atoms with E-state index in [2.05, 4.69) is 18.2 Å². The van der Waals surface area contributed by atoms with Crippen molar-refractivity contribution in [3.8, 4) is 11.1 Å². The van der Waals surface area contributed by atoms with Crippen LogP contribution < -0.4 is 0 Å². The number of hydrogen-bond acceptors (Lipinski definition) is 2. The van der Waals surface area contributed by atoms with Crippen LogP contribution in [0.1, 0.15) is 37.0 Å². The van der Waals surface area contributed by atoms with Crippen LogP contribution in [0.4, 0.5) is 13.2 Å². The fourth-order valence-corrected chi connectivity index (χ4v) is 4.84. The number of aryl methyl sites for hydroxylation is 1. The highest BCUT2D eigenvalue weighted by molar-refractivity contribution is 6.30. The van der Waals surface area contributed by atoms with Crippen LogP contribution in [0.15, 0.2) is 53.6 Å². The third-order valence-electron chi connectivity index (χ3n) is 6.58. The highest BCUT2D eigenvalue weighted by Gasteiger charge is 2.62. The standard InChI is InChI=1S/C25H24ClF3O2/c1-24(2)20(13-21(26)25(27,28)29)22(24)23(30)31-14-16-9-6-12-19-17-10-4-3-7-15(17)8-5-11-18(16)19/h3-4,6-7,9-10,12-13,20,22H,5,8,11,14H2,1-2H3/b21-13-. The van der Waals surface area contributed by atoms with E-state index in [1.807, 2.05) is 24.3 Å². The lowest BCUT2D eigenvalue weighted by Crippen LogP contribution is -2.12. The molecule has 164 valence electrons. The average Bonchev–Trinajstić information content (AvgIpc) is 3.32. The lowest BCUT2D eigenvalue weighted by atomic mass is 9.93. The Morgan fingerprint density at radius 1 is 1.13 bits per heavy atom. The molecule has 0 heterocycles. The van der Waals surface area contributed by atoms with Crippen molar-refractivity contribution >= 4 is 17.6 Å². The fourth-order valence-electron chi connectivity index (χ4n) is 4.70. The third-order valence-corrected chi connectivity index (χ3v) is 6.92. The van der Waals surface area contributed by atoms with Crippen molar-refractivity contribution in [1.82, 2.24) is 0 Å². The summed E-state index contributed by atoms with van der Waals surface area (Å²) in [5, 5.41) is -1.19. The highest BCUT2D eigenvalue weighted by Crippen LogP contribution is 2.60. The van der Waals surface area contributed by atoms with Gasteiger partial charge in [0.05, 0.1) is 5.92 Å². The number of esters is 1. The summed E-state index contributed by atoms with van der Waals surface area (Å²) in [6.07, 6.45) is -0.771. The van der Waals surface area contributed by atoms with E-state index in [4.69, 9.17) is 16.3 Å². The van der Waals surface area contributed by atoms with Crippen LogP contribution >= 0.6 is 11.6 Å². The van der Waals surface area contributed by atoms with Gasteiger partial charge in [-0.1, -0.05) is 74.0 Å². The zero-order chi connectivity index (χ0) is 22.4. The minimum atomic E-state index is -4.60. The van der Waals surface area contributed by atoms with E-state index in [-0.39, 0.29) is 6.61 Å². The molecule has 0 saturated heterocycles. The van der Waals surface area contributed by atoms with Crippen molar-refractivity contribution in [3.05, 3.63) is 70.3 Å². The van der Waals surface area contributed by atoms with E-state index in [9.17, 15) is 18.0 Å². The first kappa shape index (κ1) is 21.9. The summed E-state index contributed by atoms with van der Waals surface area (Å²) >= 11 is 5.38. The van der Waals surface area contributed by atoms with Crippen LogP contribution in [0.3, 0.4) is 0 Å². The van der Waals surface area contributed by atoms with Gasteiger partial charge in [-0.3, -0.25) is 4.79 Å². The Morgan fingerprint density at radius 3 is 2.58 bits per heavy atom. The number of rotatable bonds is 4. The summed E-state index contributed by atoms with van der Waals surface area (Å²) in [5.74, 6) is -1.70. The van der Waals surface area contributed by atoms with E-state index in [0.29, 0.717) is 0 Å². The van der Waals surface area contributed by atoms with Gasteiger partial charge in [0.25, 0.3) is 0 Å². The molecule has 0 aromatic heterocycles. The van der Waals surface area contributed by atoms with E-state index in [0.717, 1.165) is 36.5 Å². The smallest absolute Gasteiger partial charge is 0.426 e. The van der Waals surface area contributed by atoms with Gasteiger partial charge >= 0.3 is 12.1 Å². The maximum atomic E-state index is 12.8. The second-order valence-corrected chi connectivity index (χ2v) is 9.31. The van der Waals surface area contributed by atoms with Gasteiger partial charge in [0.1, 0.15) is 11.6 Å². The van der Waals surface area contributed by atoms with Crippen molar-refractivity contribution in [2.45, 2.75) is 45.9 Å². The van der Waals surface area contributed by atoms with Gasteiger partial charge in [-0.05, 0) is 58.4 Å². The Kier molecular flexibility index (Phi) is 5.67. The lowest BCUT2D eigenvalue weighted by molar-refractivity contribution is -0.147. The van der Waals surface area contributed by atoms with Gasteiger partial charge < -0.3 is 4.74 Å². The maximum Gasteiger partial charge on any atom is 0.426 e. The molecule has 0 bridgehead atoms. The fraction of sp³-hybridized carbons (Fsp3) is 0.400. The van der Waals surface area contributed by atoms with Gasteiger partial charge in [0.15, 0.2) is 0 Å². The van der Waals surface area contributed by atoms with Crippen molar-refractivity contribution in [2.75, 3.05) is 0 Å². The molecule has 2 unspecified atom stereocenters. The van der Waals surface area contributed by atoms with Crippen LogP contribution in [0.5, 0.6) is 0 Å². The molecular weight excluding hydrogens is 425 g/mol. The van der Waals surface area contributed by atoms with Crippen LogP contribution in [-0.4, -0.2) is 12.1 Å². The van der Waals surface area contributed by atoms with E-state index < -0.39 is 34.4 Å². The molecule has 6 heteroatoms. The van der Waals surface area contributed by atoms with Gasteiger partial charge in [-0.25, -0.2) is 0 Å². The Morgan fingerprint density at radius 2 is 1.84 bits per heavy atom. The monoisotopic (exact) mass is 448 g/mol. The summed E-state index contributed by atoms with van der Waals surface area (Å²) in [4.78, 5) is 12.7. The topological polar surface area (TPSA) is 26.3 Å². The summed E-state index contributed by atoms with van der Waals surface area (Å²) < 4.78 is 43.9. The number of ether oxygens (including phenoxy) is 1. The second kappa shape index (κ2) is 8.01. The SMILES string of the molecule is CC1(C)C(/C=C(\Cl)C(F)(F)F)C1C(=O)OCc1cccc2c1CCCc1ccccc1-2. The normalized spacial score (nSPS) is 22.2. The molecule has 2 atom stereocenters. The Labute approximate surface area is 185 Å². The molecule has 2 aliphatic rings. The summed E-state index contributed by atoms with van der Waals surface area (Å²) in [7, 11) is 0. The summed E-state index contributed by atoms with van der Waals surface area (Å²) in [5.41, 5.74) is 5.18. The van der Waals surface area contributed by atoms with Gasteiger partial charge in [0, 0.05) is 0 Å². The summed E-state index contributed by atoms with van der Waals surface area (Å²) in [6.45, 7) is 3.62. The minimum Gasteiger partial charge on any atom is -0.461 e. The third kappa shape index (κ3) is 4.25. The molecular formula is C25H24ClF3O2. The molecule has 2 nitrogen and oxygen atoms in total. The van der Waals surface area contributed by atoms with Gasteiger partial charge in [0.2, 0.25) is 0 Å². The zero-order valence-electron chi connectivity index (χ0n) is 17.4. The number of halogens is 4. The molecule has 0 aliphatic heterocycles. The number of fused-ring (bicyclic) bond motifs is 3. The van der Waals surface area contributed by atoms with E-state index in [1.54, 1.807) is 13.8 Å². The first-order valence-electron chi connectivity index (χ1n) is 10.4. The van der Waals surface area contributed by atoms with Gasteiger partial charge in [-0.2, -0.15) is 13.2 Å². The number of carbonyl (C=O) groups excluding carboxylic acids is 1. The largest absolute Gasteiger partial charge is 0.461 e.